The molecule has 3 aromatic carbocycles. The molecule has 0 spiro atoms. The normalized spacial score (nSPS) is 11.1. The van der Waals surface area contributed by atoms with Crippen molar-refractivity contribution in [1.82, 2.24) is 14.8 Å². The van der Waals surface area contributed by atoms with E-state index in [0.29, 0.717) is 0 Å². The molecule has 0 aliphatic rings. The second-order valence-electron chi connectivity index (χ2n) is 7.37. The molecule has 0 atom stereocenters. The Morgan fingerprint density at radius 1 is 0.944 bits per heavy atom. The predicted octanol–water partition coefficient (Wildman–Crippen LogP) is 4.70. The van der Waals surface area contributed by atoms with E-state index in [0.717, 1.165) is 18.2 Å². The van der Waals surface area contributed by atoms with E-state index in [4.69, 9.17) is 4.74 Å². The van der Waals surface area contributed by atoms with E-state index in [1.54, 1.807) is 12.1 Å². The van der Waals surface area contributed by atoms with Gasteiger partial charge in [-0.1, -0.05) is 18.2 Å². The summed E-state index contributed by atoms with van der Waals surface area (Å²) in [5.41, 5.74) is -0.598. The molecular weight excluding hydrogens is 482 g/mol. The second kappa shape index (κ2) is 10.3. The lowest BCUT2D eigenvalue weighted by Gasteiger charge is -2.13. The molecule has 0 aliphatic carbocycles. The summed E-state index contributed by atoms with van der Waals surface area (Å²) in [5, 5.41) is 8.72. The summed E-state index contributed by atoms with van der Waals surface area (Å²) in [6.07, 6.45) is -1.97. The van der Waals surface area contributed by atoms with Crippen molar-refractivity contribution < 1.29 is 31.9 Å². The minimum atomic E-state index is -4.55. The Hall–Kier alpha value is -4.74. The van der Waals surface area contributed by atoms with Crippen molar-refractivity contribution in [3.63, 3.8) is 0 Å². The maximum atomic E-state index is 14.5. The van der Waals surface area contributed by atoms with E-state index < -0.39 is 36.0 Å². The average Bonchev–Trinajstić information content (AvgIpc) is 3.37. The van der Waals surface area contributed by atoms with Crippen LogP contribution < -0.4 is 15.4 Å². The van der Waals surface area contributed by atoms with Crippen molar-refractivity contribution in [1.29, 1.82) is 0 Å². The van der Waals surface area contributed by atoms with Crippen molar-refractivity contribution in [2.75, 3.05) is 17.2 Å². The standard InChI is InChI=1S/C24H17F4N5O3/c25-19-11-17(8-9-20(19)33-14-29-13-30-33)32-23(35)18-6-1-2-7-21(18)36-12-22(34)31-16-5-3-4-15(10-16)24(26,27)28/h1-11,13-14H,12H2,(H,31,34)(H,32,35). The highest BCUT2D eigenvalue weighted by molar-refractivity contribution is 6.06. The van der Waals surface area contributed by atoms with E-state index in [1.807, 2.05) is 0 Å². The van der Waals surface area contributed by atoms with Crippen LogP contribution in [0.3, 0.4) is 0 Å². The number of nitrogens with zero attached hydrogens (tertiary/aromatic N) is 3. The first-order valence-corrected chi connectivity index (χ1v) is 10.4. The van der Waals surface area contributed by atoms with Crippen LogP contribution in [0.15, 0.2) is 79.4 Å². The summed E-state index contributed by atoms with van der Waals surface area (Å²) in [6, 6.07) is 14.2. The molecule has 0 unspecified atom stereocenters. The van der Waals surface area contributed by atoms with E-state index in [-0.39, 0.29) is 28.4 Å². The van der Waals surface area contributed by atoms with Crippen molar-refractivity contribution in [2.45, 2.75) is 6.18 Å². The number of nitrogens with one attached hydrogen (secondary N) is 2. The lowest BCUT2D eigenvalue weighted by atomic mass is 10.1. The molecule has 8 nitrogen and oxygen atoms in total. The van der Waals surface area contributed by atoms with Crippen molar-refractivity contribution in [3.05, 3.63) is 96.3 Å². The third-order valence-corrected chi connectivity index (χ3v) is 4.84. The Labute approximate surface area is 201 Å². The summed E-state index contributed by atoms with van der Waals surface area (Å²) in [5.74, 6) is -1.95. The fraction of sp³-hybridized carbons (Fsp3) is 0.0833. The lowest BCUT2D eigenvalue weighted by Crippen LogP contribution is -2.22. The van der Waals surface area contributed by atoms with Crippen LogP contribution >= 0.6 is 0 Å². The SMILES string of the molecule is O=C(COc1ccccc1C(=O)Nc1ccc(-n2cncn2)c(F)c1)Nc1cccc(C(F)(F)F)c1. The molecule has 2 N–H and O–H groups in total. The number of anilines is 2. The number of hydrogen-bond donors (Lipinski definition) is 2. The van der Waals surface area contributed by atoms with Crippen LogP contribution in [0.25, 0.3) is 5.69 Å². The molecule has 36 heavy (non-hydrogen) atoms. The van der Waals surface area contributed by atoms with E-state index in [2.05, 4.69) is 20.7 Å². The summed E-state index contributed by atoms with van der Waals surface area (Å²) in [4.78, 5) is 28.7. The average molecular weight is 499 g/mol. The number of amides is 2. The van der Waals surface area contributed by atoms with Crippen LogP contribution in [0, 0.1) is 5.82 Å². The number of alkyl halides is 3. The first-order valence-electron chi connectivity index (χ1n) is 10.4. The number of hydrogen-bond acceptors (Lipinski definition) is 5. The number of para-hydroxylation sites is 1. The Morgan fingerprint density at radius 3 is 2.44 bits per heavy atom. The number of carbonyl (C=O) groups is 2. The Morgan fingerprint density at radius 2 is 1.72 bits per heavy atom. The Bertz CT molecular complexity index is 1390. The fourth-order valence-corrected chi connectivity index (χ4v) is 3.20. The van der Waals surface area contributed by atoms with Gasteiger partial charge in [0, 0.05) is 11.4 Å². The van der Waals surface area contributed by atoms with Crippen molar-refractivity contribution >= 4 is 23.2 Å². The maximum Gasteiger partial charge on any atom is 0.416 e. The van der Waals surface area contributed by atoms with Crippen LogP contribution in [0.5, 0.6) is 5.75 Å². The summed E-state index contributed by atoms with van der Waals surface area (Å²) >= 11 is 0. The molecule has 0 radical (unpaired) electrons. The second-order valence-corrected chi connectivity index (χ2v) is 7.37. The monoisotopic (exact) mass is 499 g/mol. The van der Waals surface area contributed by atoms with Gasteiger partial charge in [-0.3, -0.25) is 9.59 Å². The van der Waals surface area contributed by atoms with Gasteiger partial charge in [-0.2, -0.15) is 18.3 Å². The third-order valence-electron chi connectivity index (χ3n) is 4.84. The van der Waals surface area contributed by atoms with Crippen LogP contribution in [0.4, 0.5) is 28.9 Å². The van der Waals surface area contributed by atoms with Crippen LogP contribution in [0.2, 0.25) is 0 Å². The number of aromatic nitrogens is 3. The summed E-state index contributed by atoms with van der Waals surface area (Å²) in [7, 11) is 0. The summed E-state index contributed by atoms with van der Waals surface area (Å²) in [6.45, 7) is -0.568. The zero-order chi connectivity index (χ0) is 25.7. The highest BCUT2D eigenvalue weighted by Gasteiger charge is 2.30. The maximum absolute atomic E-state index is 14.5. The molecule has 2 amide bonds. The molecule has 0 saturated heterocycles. The number of rotatable bonds is 7. The molecule has 12 heteroatoms. The molecule has 0 aliphatic heterocycles. The largest absolute Gasteiger partial charge is 0.483 e. The number of benzene rings is 3. The molecule has 0 bridgehead atoms. The molecule has 1 heterocycles. The van der Waals surface area contributed by atoms with Gasteiger partial charge in [-0.05, 0) is 48.5 Å². The van der Waals surface area contributed by atoms with E-state index in [9.17, 15) is 27.2 Å². The first-order chi connectivity index (χ1) is 17.2. The summed E-state index contributed by atoms with van der Waals surface area (Å²) < 4.78 is 59.7. The van der Waals surface area contributed by atoms with Crippen molar-refractivity contribution in [3.8, 4) is 11.4 Å². The lowest BCUT2D eigenvalue weighted by molar-refractivity contribution is -0.137. The Balaban J connectivity index is 1.40. The topological polar surface area (TPSA) is 98.1 Å². The van der Waals surface area contributed by atoms with Crippen LogP contribution in [0.1, 0.15) is 15.9 Å². The molecule has 0 fully saturated rings. The van der Waals surface area contributed by atoms with E-state index >= 15 is 0 Å². The molecule has 184 valence electrons. The van der Waals surface area contributed by atoms with E-state index in [1.165, 1.54) is 53.7 Å². The predicted molar refractivity (Wildman–Crippen MR) is 121 cm³/mol. The Kier molecular flexibility index (Phi) is 6.95. The number of halogens is 4. The van der Waals surface area contributed by atoms with Gasteiger partial charge in [0.25, 0.3) is 11.8 Å². The number of carbonyl (C=O) groups excluding carboxylic acids is 2. The van der Waals surface area contributed by atoms with Gasteiger partial charge >= 0.3 is 6.18 Å². The smallest absolute Gasteiger partial charge is 0.416 e. The quantitative estimate of drug-likeness (QED) is 0.360. The molecular formula is C24H17F4N5O3. The zero-order valence-electron chi connectivity index (χ0n) is 18.3. The van der Waals surface area contributed by atoms with Crippen molar-refractivity contribution in [2.24, 2.45) is 0 Å². The minimum Gasteiger partial charge on any atom is -0.483 e. The highest BCUT2D eigenvalue weighted by Crippen LogP contribution is 2.30. The van der Waals surface area contributed by atoms with Gasteiger partial charge in [0.1, 0.15) is 24.1 Å². The highest BCUT2D eigenvalue weighted by atomic mass is 19.4. The fourth-order valence-electron chi connectivity index (χ4n) is 3.20. The zero-order valence-corrected chi connectivity index (χ0v) is 18.3. The molecule has 1 aromatic heterocycles. The molecule has 0 saturated carbocycles. The molecule has 4 aromatic rings. The molecule has 4 rings (SSSR count). The van der Waals surface area contributed by atoms with Gasteiger partial charge in [0.2, 0.25) is 0 Å². The van der Waals surface area contributed by atoms with Gasteiger partial charge < -0.3 is 15.4 Å². The van der Waals surface area contributed by atoms with Gasteiger partial charge in [-0.25, -0.2) is 14.1 Å². The third kappa shape index (κ3) is 5.84. The minimum absolute atomic E-state index is 0.0499. The van der Waals surface area contributed by atoms with Gasteiger partial charge in [0.15, 0.2) is 12.4 Å². The first kappa shape index (κ1) is 24.4. The van der Waals surface area contributed by atoms with Crippen LogP contribution in [-0.4, -0.2) is 33.2 Å². The van der Waals surface area contributed by atoms with Gasteiger partial charge in [-0.15, -0.1) is 0 Å². The number of ether oxygens (including phenoxy) is 1. The van der Waals surface area contributed by atoms with Crippen LogP contribution in [-0.2, 0) is 11.0 Å². The van der Waals surface area contributed by atoms with Gasteiger partial charge in [0.05, 0.1) is 11.1 Å².